The summed E-state index contributed by atoms with van der Waals surface area (Å²) in [4.78, 5) is 12.7. The van der Waals surface area contributed by atoms with Crippen LogP contribution in [0, 0.1) is 0 Å². The van der Waals surface area contributed by atoms with Crippen molar-refractivity contribution in [3.05, 3.63) is 51.2 Å². The number of benzene rings is 1. The van der Waals surface area contributed by atoms with Gasteiger partial charge < -0.3 is 10.6 Å². The Morgan fingerprint density at radius 2 is 1.95 bits per heavy atom. The number of hydrogen-bond donors (Lipinski definition) is 2. The third-order valence-electron chi connectivity index (χ3n) is 2.79. The molecule has 0 radical (unpaired) electrons. The van der Waals surface area contributed by atoms with Crippen molar-refractivity contribution in [2.75, 3.05) is 11.9 Å². The van der Waals surface area contributed by atoms with Crippen LogP contribution in [0.3, 0.4) is 0 Å². The highest BCUT2D eigenvalue weighted by Crippen LogP contribution is 2.22. The summed E-state index contributed by atoms with van der Waals surface area (Å²) >= 11 is 7.46. The van der Waals surface area contributed by atoms with E-state index in [4.69, 9.17) is 11.6 Å². The van der Waals surface area contributed by atoms with Crippen molar-refractivity contribution in [2.45, 2.75) is 19.9 Å². The summed E-state index contributed by atoms with van der Waals surface area (Å²) in [5, 5.41) is 6.12. The summed E-state index contributed by atoms with van der Waals surface area (Å²) in [6.45, 7) is 3.34. The summed E-state index contributed by atoms with van der Waals surface area (Å²) in [7, 11) is 0. The maximum absolute atomic E-state index is 11.5. The van der Waals surface area contributed by atoms with Gasteiger partial charge in [0.2, 0.25) is 5.91 Å². The molecule has 1 amide bonds. The summed E-state index contributed by atoms with van der Waals surface area (Å²) in [6.07, 6.45) is 0.425. The van der Waals surface area contributed by atoms with Gasteiger partial charge in [-0.1, -0.05) is 23.7 Å². The van der Waals surface area contributed by atoms with Crippen LogP contribution in [0.15, 0.2) is 36.4 Å². The quantitative estimate of drug-likeness (QED) is 0.854. The molecule has 0 atom stereocenters. The third kappa shape index (κ3) is 4.54. The van der Waals surface area contributed by atoms with Crippen molar-refractivity contribution >= 4 is 34.5 Å². The first-order chi connectivity index (χ1) is 9.67. The lowest BCUT2D eigenvalue weighted by atomic mass is 10.1. The molecular formula is C15H17ClN2OS. The second kappa shape index (κ2) is 7.31. The zero-order chi connectivity index (χ0) is 14.4. The largest absolute Gasteiger partial charge is 0.380 e. The molecule has 0 unspecified atom stereocenters. The Hall–Kier alpha value is -1.52. The van der Waals surface area contributed by atoms with Crippen molar-refractivity contribution < 1.29 is 4.79 Å². The Bertz CT molecular complexity index is 566. The predicted octanol–water partition coefficient (Wildman–Crippen LogP) is 3.69. The number of halogens is 1. The van der Waals surface area contributed by atoms with E-state index in [2.05, 4.69) is 10.6 Å². The van der Waals surface area contributed by atoms with Crippen LogP contribution in [-0.4, -0.2) is 12.5 Å². The zero-order valence-corrected chi connectivity index (χ0v) is 12.9. The van der Waals surface area contributed by atoms with Crippen LogP contribution in [-0.2, 0) is 17.8 Å². The summed E-state index contributed by atoms with van der Waals surface area (Å²) in [5.41, 5.74) is 2.05. The van der Waals surface area contributed by atoms with Gasteiger partial charge in [-0.2, -0.15) is 0 Å². The minimum Gasteiger partial charge on any atom is -0.380 e. The van der Waals surface area contributed by atoms with Crippen LogP contribution in [0.25, 0.3) is 0 Å². The van der Waals surface area contributed by atoms with Crippen LogP contribution in [0.5, 0.6) is 0 Å². The summed E-state index contributed by atoms with van der Waals surface area (Å²) < 4.78 is 0.805. The molecule has 0 aliphatic heterocycles. The maximum Gasteiger partial charge on any atom is 0.224 e. The van der Waals surface area contributed by atoms with Crippen LogP contribution >= 0.6 is 22.9 Å². The lowest BCUT2D eigenvalue weighted by Gasteiger charge is -2.06. The standard InChI is InChI=1S/C15H17ClN2OS/c1-2-17-15(19)9-11-3-5-12(6-4-11)18-10-13-7-8-14(16)20-13/h3-8,18H,2,9-10H2,1H3,(H,17,19). The third-order valence-corrected chi connectivity index (χ3v) is 4.02. The number of thiophene rings is 1. The molecule has 1 heterocycles. The monoisotopic (exact) mass is 308 g/mol. The Labute approximate surface area is 128 Å². The lowest BCUT2D eigenvalue weighted by molar-refractivity contribution is -0.120. The second-order valence-electron chi connectivity index (χ2n) is 4.39. The Balaban J connectivity index is 1.86. The Kier molecular flexibility index (Phi) is 5.44. The molecular weight excluding hydrogens is 292 g/mol. The Morgan fingerprint density at radius 3 is 2.55 bits per heavy atom. The minimum atomic E-state index is 0.0569. The predicted molar refractivity (Wildman–Crippen MR) is 85.5 cm³/mol. The highest BCUT2D eigenvalue weighted by atomic mass is 35.5. The van der Waals surface area contributed by atoms with E-state index in [1.807, 2.05) is 43.3 Å². The van der Waals surface area contributed by atoms with E-state index in [1.54, 1.807) is 11.3 Å². The van der Waals surface area contributed by atoms with Crippen molar-refractivity contribution in [1.82, 2.24) is 5.32 Å². The maximum atomic E-state index is 11.5. The molecule has 0 aliphatic carbocycles. The topological polar surface area (TPSA) is 41.1 Å². The van der Waals surface area contributed by atoms with Crippen molar-refractivity contribution in [1.29, 1.82) is 0 Å². The fourth-order valence-corrected chi connectivity index (χ4v) is 2.85. The molecule has 5 heteroatoms. The average Bonchev–Trinajstić information content (AvgIpc) is 2.84. The van der Waals surface area contributed by atoms with E-state index in [9.17, 15) is 4.79 Å². The summed E-state index contributed by atoms with van der Waals surface area (Å²) in [5.74, 6) is 0.0569. The molecule has 0 aliphatic rings. The smallest absolute Gasteiger partial charge is 0.224 e. The van der Waals surface area contributed by atoms with E-state index in [-0.39, 0.29) is 5.91 Å². The normalized spacial score (nSPS) is 10.3. The second-order valence-corrected chi connectivity index (χ2v) is 6.19. The number of anilines is 1. The minimum absolute atomic E-state index is 0.0569. The first-order valence-corrected chi connectivity index (χ1v) is 7.70. The molecule has 3 nitrogen and oxygen atoms in total. The first-order valence-electron chi connectivity index (χ1n) is 6.51. The van der Waals surface area contributed by atoms with E-state index in [0.717, 1.165) is 22.1 Å². The fraction of sp³-hybridized carbons (Fsp3) is 0.267. The van der Waals surface area contributed by atoms with Gasteiger partial charge in [0.1, 0.15) is 0 Å². The number of carbonyl (C=O) groups excluding carboxylic acids is 1. The molecule has 0 saturated carbocycles. The number of likely N-dealkylation sites (N-methyl/N-ethyl adjacent to an activating group) is 1. The molecule has 0 fully saturated rings. The highest BCUT2D eigenvalue weighted by Gasteiger charge is 2.02. The molecule has 0 bridgehead atoms. The van der Waals surface area contributed by atoms with Gasteiger partial charge in [0, 0.05) is 23.7 Å². The van der Waals surface area contributed by atoms with Gasteiger partial charge in [0.25, 0.3) is 0 Å². The van der Waals surface area contributed by atoms with Gasteiger partial charge in [-0.25, -0.2) is 0 Å². The van der Waals surface area contributed by atoms with Gasteiger partial charge in [-0.3, -0.25) is 4.79 Å². The Morgan fingerprint density at radius 1 is 1.20 bits per heavy atom. The number of rotatable bonds is 6. The van der Waals surface area contributed by atoms with Crippen molar-refractivity contribution in [2.24, 2.45) is 0 Å². The number of amides is 1. The number of nitrogens with one attached hydrogen (secondary N) is 2. The molecule has 2 aromatic rings. The first kappa shape index (κ1) is 14.9. The van der Waals surface area contributed by atoms with Gasteiger partial charge in [0.15, 0.2) is 0 Å². The van der Waals surface area contributed by atoms with Crippen molar-refractivity contribution in [3.8, 4) is 0 Å². The lowest BCUT2D eigenvalue weighted by Crippen LogP contribution is -2.24. The molecule has 0 saturated heterocycles. The van der Waals surface area contributed by atoms with Crippen molar-refractivity contribution in [3.63, 3.8) is 0 Å². The molecule has 106 valence electrons. The molecule has 2 N–H and O–H groups in total. The SMILES string of the molecule is CCNC(=O)Cc1ccc(NCc2ccc(Cl)s2)cc1. The zero-order valence-electron chi connectivity index (χ0n) is 11.3. The molecule has 0 spiro atoms. The van der Waals surface area contributed by atoms with E-state index < -0.39 is 0 Å². The number of hydrogen-bond acceptors (Lipinski definition) is 3. The van der Waals surface area contributed by atoms with E-state index in [1.165, 1.54) is 4.88 Å². The van der Waals surface area contributed by atoms with E-state index >= 15 is 0 Å². The molecule has 2 rings (SSSR count). The van der Waals surface area contributed by atoms with Crippen LogP contribution in [0.2, 0.25) is 4.34 Å². The fourth-order valence-electron chi connectivity index (χ4n) is 1.82. The van der Waals surface area contributed by atoms with Gasteiger partial charge >= 0.3 is 0 Å². The van der Waals surface area contributed by atoms with Crippen LogP contribution in [0.1, 0.15) is 17.4 Å². The average molecular weight is 309 g/mol. The summed E-state index contributed by atoms with van der Waals surface area (Å²) in [6, 6.07) is 11.8. The molecule has 1 aromatic carbocycles. The van der Waals surface area contributed by atoms with Gasteiger partial charge in [0.05, 0.1) is 10.8 Å². The highest BCUT2D eigenvalue weighted by molar-refractivity contribution is 7.16. The van der Waals surface area contributed by atoms with Crippen LogP contribution in [0.4, 0.5) is 5.69 Å². The molecule has 20 heavy (non-hydrogen) atoms. The van der Waals surface area contributed by atoms with E-state index in [0.29, 0.717) is 13.0 Å². The van der Waals surface area contributed by atoms with Gasteiger partial charge in [-0.05, 0) is 36.8 Å². The number of carbonyl (C=O) groups is 1. The molecule has 1 aromatic heterocycles. The van der Waals surface area contributed by atoms with Crippen LogP contribution < -0.4 is 10.6 Å². The van der Waals surface area contributed by atoms with Gasteiger partial charge in [-0.15, -0.1) is 11.3 Å².